The molecule has 0 spiro atoms. The predicted molar refractivity (Wildman–Crippen MR) is 76.3 cm³/mol. The lowest BCUT2D eigenvalue weighted by molar-refractivity contribution is -0.150. The number of amides is 1. The minimum atomic E-state index is -3.91. The first kappa shape index (κ1) is 15.9. The van der Waals surface area contributed by atoms with Crippen molar-refractivity contribution >= 4 is 37.8 Å². The Hall–Kier alpha value is -1.45. The molecule has 1 N–H and O–H groups in total. The van der Waals surface area contributed by atoms with Gasteiger partial charge >= 0.3 is 5.97 Å². The Balaban J connectivity index is 2.28. The van der Waals surface area contributed by atoms with Gasteiger partial charge in [-0.1, -0.05) is 15.9 Å². The Bertz CT molecular complexity index is 659. The second-order valence-corrected chi connectivity index (χ2v) is 7.23. The lowest BCUT2D eigenvalue weighted by Crippen LogP contribution is -2.54. The number of esters is 1. The van der Waals surface area contributed by atoms with Gasteiger partial charge in [0, 0.05) is 17.4 Å². The van der Waals surface area contributed by atoms with E-state index < -0.39 is 27.8 Å². The number of ether oxygens (including phenoxy) is 1. The molecule has 1 aromatic carbocycles. The molecule has 2 rings (SSSR count). The zero-order valence-electron chi connectivity index (χ0n) is 11.1. The van der Waals surface area contributed by atoms with Crippen LogP contribution in [0.15, 0.2) is 33.6 Å². The van der Waals surface area contributed by atoms with Gasteiger partial charge in [0.15, 0.2) is 0 Å². The van der Waals surface area contributed by atoms with E-state index in [1.165, 1.54) is 19.2 Å². The lowest BCUT2D eigenvalue weighted by atomic mass is 10.0. The van der Waals surface area contributed by atoms with E-state index in [1.807, 2.05) is 0 Å². The molecule has 0 bridgehead atoms. The summed E-state index contributed by atoms with van der Waals surface area (Å²) in [4.78, 5) is 23.2. The third-order valence-electron chi connectivity index (χ3n) is 3.00. The SMILES string of the molecule is COC(=O)C1CC(=O)NN(S(=O)(=O)c2ccc(Br)cc2)C1. The van der Waals surface area contributed by atoms with Gasteiger partial charge in [0.25, 0.3) is 10.0 Å². The van der Waals surface area contributed by atoms with E-state index in [1.54, 1.807) is 12.1 Å². The van der Waals surface area contributed by atoms with Crippen LogP contribution in [0.3, 0.4) is 0 Å². The summed E-state index contributed by atoms with van der Waals surface area (Å²) in [5.41, 5.74) is 2.27. The quantitative estimate of drug-likeness (QED) is 0.782. The highest BCUT2D eigenvalue weighted by Crippen LogP contribution is 2.22. The minimum Gasteiger partial charge on any atom is -0.469 e. The van der Waals surface area contributed by atoms with Crippen molar-refractivity contribution in [3.63, 3.8) is 0 Å². The number of methoxy groups -OCH3 is 1. The number of carbonyl (C=O) groups excluding carboxylic acids is 2. The third-order valence-corrected chi connectivity index (χ3v) is 5.22. The maximum Gasteiger partial charge on any atom is 0.310 e. The summed E-state index contributed by atoms with van der Waals surface area (Å²) >= 11 is 3.22. The van der Waals surface area contributed by atoms with E-state index in [2.05, 4.69) is 26.1 Å². The first-order valence-electron chi connectivity index (χ1n) is 6.00. The number of rotatable bonds is 3. The molecule has 0 aromatic heterocycles. The monoisotopic (exact) mass is 376 g/mol. The molecule has 1 aliphatic heterocycles. The van der Waals surface area contributed by atoms with E-state index in [-0.39, 0.29) is 17.9 Å². The highest BCUT2D eigenvalue weighted by molar-refractivity contribution is 9.10. The van der Waals surface area contributed by atoms with Crippen molar-refractivity contribution in [2.75, 3.05) is 13.7 Å². The van der Waals surface area contributed by atoms with Gasteiger partial charge in [0.05, 0.1) is 17.9 Å². The Morgan fingerprint density at radius 2 is 2.00 bits per heavy atom. The van der Waals surface area contributed by atoms with Gasteiger partial charge in [-0.2, -0.15) is 0 Å². The van der Waals surface area contributed by atoms with E-state index in [0.717, 1.165) is 8.89 Å². The van der Waals surface area contributed by atoms with Crippen molar-refractivity contribution in [1.82, 2.24) is 9.84 Å². The van der Waals surface area contributed by atoms with E-state index in [0.29, 0.717) is 0 Å². The molecule has 0 aliphatic carbocycles. The first-order chi connectivity index (χ1) is 9.84. The molecule has 7 nitrogen and oxygen atoms in total. The summed E-state index contributed by atoms with van der Waals surface area (Å²) in [6, 6.07) is 5.98. The maximum absolute atomic E-state index is 12.4. The van der Waals surface area contributed by atoms with Crippen molar-refractivity contribution in [2.24, 2.45) is 5.92 Å². The lowest BCUT2D eigenvalue weighted by Gasteiger charge is -2.30. The standard InChI is InChI=1S/C12H13BrN2O5S/c1-20-12(17)8-6-11(16)14-15(7-8)21(18,19)10-4-2-9(13)3-5-10/h2-5,8H,6-7H2,1H3,(H,14,16). The molecule has 0 radical (unpaired) electrons. The number of hydrazine groups is 1. The molecular weight excluding hydrogens is 364 g/mol. The van der Waals surface area contributed by atoms with Crippen LogP contribution in [0.4, 0.5) is 0 Å². The zero-order valence-corrected chi connectivity index (χ0v) is 13.5. The minimum absolute atomic E-state index is 0.0246. The summed E-state index contributed by atoms with van der Waals surface area (Å²) in [6.07, 6.45) is -0.0982. The maximum atomic E-state index is 12.4. The van der Waals surface area contributed by atoms with E-state index in [9.17, 15) is 18.0 Å². The molecule has 1 aliphatic rings. The van der Waals surface area contributed by atoms with Gasteiger partial charge in [-0.3, -0.25) is 15.0 Å². The summed E-state index contributed by atoms with van der Waals surface area (Å²) in [5.74, 6) is -1.97. The molecule has 0 saturated carbocycles. The van der Waals surface area contributed by atoms with Crippen molar-refractivity contribution < 1.29 is 22.7 Å². The Morgan fingerprint density at radius 3 is 2.57 bits per heavy atom. The third kappa shape index (κ3) is 3.42. The van der Waals surface area contributed by atoms with Crippen LogP contribution in [-0.2, 0) is 24.3 Å². The number of halogens is 1. The average molecular weight is 377 g/mol. The second-order valence-electron chi connectivity index (χ2n) is 4.45. The molecule has 1 unspecified atom stereocenters. The number of benzene rings is 1. The van der Waals surface area contributed by atoms with Gasteiger partial charge in [-0.15, -0.1) is 4.41 Å². The normalized spacial score (nSPS) is 19.9. The van der Waals surface area contributed by atoms with E-state index >= 15 is 0 Å². The first-order valence-corrected chi connectivity index (χ1v) is 8.23. The van der Waals surface area contributed by atoms with Crippen molar-refractivity contribution in [1.29, 1.82) is 0 Å². The largest absolute Gasteiger partial charge is 0.469 e. The van der Waals surface area contributed by atoms with Crippen molar-refractivity contribution in [2.45, 2.75) is 11.3 Å². The topological polar surface area (TPSA) is 92.8 Å². The molecule has 9 heteroatoms. The van der Waals surface area contributed by atoms with Crippen molar-refractivity contribution in [3.8, 4) is 0 Å². The molecular formula is C12H13BrN2O5S. The smallest absolute Gasteiger partial charge is 0.310 e. The number of carbonyl (C=O) groups is 2. The van der Waals surface area contributed by atoms with Gasteiger partial charge in [-0.25, -0.2) is 8.42 Å². The summed E-state index contributed by atoms with van der Waals surface area (Å²) in [7, 11) is -2.72. The van der Waals surface area contributed by atoms with Gasteiger partial charge in [0.2, 0.25) is 5.91 Å². The molecule has 1 amide bonds. The van der Waals surface area contributed by atoms with Crippen LogP contribution >= 0.6 is 15.9 Å². The molecule has 114 valence electrons. The number of sulfonamides is 1. The van der Waals surface area contributed by atoms with Gasteiger partial charge in [0.1, 0.15) is 0 Å². The molecule has 1 saturated heterocycles. The number of hydrogen-bond donors (Lipinski definition) is 1. The Morgan fingerprint density at radius 1 is 1.38 bits per heavy atom. The van der Waals surface area contributed by atoms with Crippen LogP contribution in [0.25, 0.3) is 0 Å². The van der Waals surface area contributed by atoms with Crippen molar-refractivity contribution in [3.05, 3.63) is 28.7 Å². The summed E-state index contributed by atoms with van der Waals surface area (Å²) in [6.45, 7) is -0.156. The highest BCUT2D eigenvalue weighted by Gasteiger charge is 2.37. The Labute approximate surface area is 130 Å². The van der Waals surface area contributed by atoms with E-state index in [4.69, 9.17) is 0 Å². The number of hydrogen-bond acceptors (Lipinski definition) is 5. The van der Waals surface area contributed by atoms with Crippen LogP contribution in [0, 0.1) is 5.92 Å². The fourth-order valence-corrected chi connectivity index (χ4v) is 3.53. The fraction of sp³-hybridized carbons (Fsp3) is 0.333. The highest BCUT2D eigenvalue weighted by atomic mass is 79.9. The number of nitrogens with zero attached hydrogens (tertiary/aromatic N) is 1. The molecule has 1 atom stereocenters. The van der Waals surface area contributed by atoms with Crippen LogP contribution in [-0.4, -0.2) is 38.4 Å². The van der Waals surface area contributed by atoms with Crippen LogP contribution in [0.5, 0.6) is 0 Å². The van der Waals surface area contributed by atoms with Gasteiger partial charge in [-0.05, 0) is 24.3 Å². The molecule has 21 heavy (non-hydrogen) atoms. The summed E-state index contributed by atoms with van der Waals surface area (Å²) < 4.78 is 31.0. The zero-order chi connectivity index (χ0) is 15.6. The molecule has 1 heterocycles. The Kier molecular flexibility index (Phi) is 4.64. The molecule has 1 fully saturated rings. The molecule has 1 aromatic rings. The average Bonchev–Trinajstić information content (AvgIpc) is 2.46. The van der Waals surface area contributed by atoms with Crippen LogP contribution in [0.1, 0.15) is 6.42 Å². The number of nitrogens with one attached hydrogen (secondary N) is 1. The van der Waals surface area contributed by atoms with Crippen LogP contribution in [0.2, 0.25) is 0 Å². The second kappa shape index (κ2) is 6.12. The predicted octanol–water partition coefficient (Wildman–Crippen LogP) is 0.664. The van der Waals surface area contributed by atoms with Gasteiger partial charge < -0.3 is 4.74 Å². The van der Waals surface area contributed by atoms with Crippen LogP contribution < -0.4 is 5.43 Å². The fourth-order valence-electron chi connectivity index (χ4n) is 1.94. The summed E-state index contributed by atoms with van der Waals surface area (Å²) in [5, 5.41) is 0.